The zero-order valence-electron chi connectivity index (χ0n) is 18.0. The molecule has 1 aliphatic heterocycles. The molecule has 1 aromatic carbocycles. The lowest BCUT2D eigenvalue weighted by Gasteiger charge is -2.35. The van der Waals surface area contributed by atoms with E-state index in [1.165, 1.54) is 32.2 Å². The van der Waals surface area contributed by atoms with E-state index in [4.69, 9.17) is 14.2 Å². The molecular weight excluding hydrogens is 356 g/mol. The molecule has 1 saturated heterocycles. The average Bonchev–Trinajstić information content (AvgIpc) is 2.75. The van der Waals surface area contributed by atoms with Crippen molar-refractivity contribution >= 4 is 5.96 Å². The summed E-state index contributed by atoms with van der Waals surface area (Å²) < 4.78 is 16.2. The van der Waals surface area contributed by atoms with E-state index in [2.05, 4.69) is 27.4 Å². The first-order valence-corrected chi connectivity index (χ1v) is 10.1. The van der Waals surface area contributed by atoms with Crippen molar-refractivity contribution in [3.8, 4) is 17.2 Å². The molecule has 0 amide bonds. The van der Waals surface area contributed by atoms with Gasteiger partial charge in [0, 0.05) is 32.7 Å². The van der Waals surface area contributed by atoms with E-state index in [1.54, 1.807) is 28.4 Å². The van der Waals surface area contributed by atoms with Crippen LogP contribution in [0.4, 0.5) is 0 Å². The molecule has 1 heterocycles. The van der Waals surface area contributed by atoms with Gasteiger partial charge in [0.15, 0.2) is 17.5 Å². The Morgan fingerprint density at radius 3 is 2.39 bits per heavy atom. The third kappa shape index (κ3) is 5.92. The number of nitrogens with one attached hydrogen (secondary N) is 2. The van der Waals surface area contributed by atoms with E-state index in [1.807, 2.05) is 12.1 Å². The smallest absolute Gasteiger partial charge is 0.203 e. The van der Waals surface area contributed by atoms with Crippen LogP contribution in [0.5, 0.6) is 17.2 Å². The van der Waals surface area contributed by atoms with Crippen LogP contribution in [0.1, 0.15) is 38.2 Å². The lowest BCUT2D eigenvalue weighted by atomic mass is 10.0. The SMILES string of the molecule is CCC1CCCCN1CCNC(=NC)NCc1cc(OC)c(OC)c(OC)c1. The fraction of sp³-hybridized carbons (Fsp3) is 0.667. The van der Waals surface area contributed by atoms with E-state index in [9.17, 15) is 0 Å². The quantitative estimate of drug-likeness (QED) is 0.497. The van der Waals surface area contributed by atoms with Gasteiger partial charge in [0.25, 0.3) is 0 Å². The standard InChI is InChI=1S/C21H36N4O3/c1-6-17-9-7-8-11-25(17)12-10-23-21(22-2)24-15-16-13-18(26-3)20(28-5)19(14-16)27-4/h13-14,17H,6-12,15H2,1-5H3,(H2,22,23,24). The van der Waals surface area contributed by atoms with Gasteiger partial charge in [-0.1, -0.05) is 13.3 Å². The van der Waals surface area contributed by atoms with E-state index in [-0.39, 0.29) is 0 Å². The molecule has 7 heteroatoms. The van der Waals surface area contributed by atoms with Crippen LogP contribution < -0.4 is 24.8 Å². The number of rotatable bonds is 9. The van der Waals surface area contributed by atoms with Crippen LogP contribution in [0.15, 0.2) is 17.1 Å². The number of methoxy groups -OCH3 is 3. The highest BCUT2D eigenvalue weighted by atomic mass is 16.5. The van der Waals surface area contributed by atoms with Gasteiger partial charge in [-0.3, -0.25) is 9.89 Å². The van der Waals surface area contributed by atoms with Crippen LogP contribution in [-0.2, 0) is 6.54 Å². The molecule has 0 aromatic heterocycles. The normalized spacial score (nSPS) is 17.9. The summed E-state index contributed by atoms with van der Waals surface area (Å²) in [6.45, 7) is 6.03. The van der Waals surface area contributed by atoms with Crippen molar-refractivity contribution in [1.82, 2.24) is 15.5 Å². The zero-order chi connectivity index (χ0) is 20.4. The minimum absolute atomic E-state index is 0.600. The number of benzene rings is 1. The molecule has 1 aromatic rings. The van der Waals surface area contributed by atoms with Crippen LogP contribution >= 0.6 is 0 Å². The van der Waals surface area contributed by atoms with Crippen molar-refractivity contribution in [3.05, 3.63) is 17.7 Å². The van der Waals surface area contributed by atoms with Gasteiger partial charge < -0.3 is 24.8 Å². The summed E-state index contributed by atoms with van der Waals surface area (Å²) in [4.78, 5) is 6.93. The molecule has 0 spiro atoms. The van der Waals surface area contributed by atoms with Crippen molar-refractivity contribution < 1.29 is 14.2 Å². The van der Waals surface area contributed by atoms with Crippen LogP contribution in [0.3, 0.4) is 0 Å². The first-order chi connectivity index (χ1) is 13.7. The van der Waals surface area contributed by atoms with Gasteiger partial charge in [-0.05, 0) is 43.5 Å². The molecule has 1 unspecified atom stereocenters. The Labute approximate surface area is 169 Å². The summed E-state index contributed by atoms with van der Waals surface area (Å²) in [6, 6.07) is 4.62. The summed E-state index contributed by atoms with van der Waals surface area (Å²) in [5.74, 6) is 2.69. The second-order valence-electron chi connectivity index (χ2n) is 6.98. The summed E-state index contributed by atoms with van der Waals surface area (Å²) in [5.41, 5.74) is 1.03. The second kappa shape index (κ2) is 11.6. The summed E-state index contributed by atoms with van der Waals surface area (Å²) in [6.07, 6.45) is 5.23. The van der Waals surface area contributed by atoms with Gasteiger partial charge in [0.1, 0.15) is 0 Å². The molecule has 28 heavy (non-hydrogen) atoms. The molecule has 158 valence electrons. The molecule has 0 aliphatic carbocycles. The van der Waals surface area contributed by atoms with Gasteiger partial charge in [-0.15, -0.1) is 0 Å². The van der Waals surface area contributed by atoms with Crippen molar-refractivity contribution in [2.45, 2.75) is 45.2 Å². The fourth-order valence-electron chi connectivity index (χ4n) is 3.78. The Balaban J connectivity index is 1.88. The Morgan fingerprint density at radius 1 is 1.11 bits per heavy atom. The van der Waals surface area contributed by atoms with Crippen LogP contribution in [0.2, 0.25) is 0 Å². The summed E-state index contributed by atoms with van der Waals surface area (Å²) >= 11 is 0. The Hall–Kier alpha value is -2.15. The third-order valence-electron chi connectivity index (χ3n) is 5.32. The minimum atomic E-state index is 0.600. The van der Waals surface area contributed by atoms with Crippen LogP contribution in [-0.4, -0.2) is 64.9 Å². The highest BCUT2D eigenvalue weighted by Gasteiger charge is 2.20. The Kier molecular flexibility index (Phi) is 9.20. The second-order valence-corrected chi connectivity index (χ2v) is 6.98. The summed E-state index contributed by atoms with van der Waals surface area (Å²) in [7, 11) is 6.65. The Bertz CT molecular complexity index is 611. The predicted molar refractivity (Wildman–Crippen MR) is 114 cm³/mol. The lowest BCUT2D eigenvalue weighted by molar-refractivity contribution is 0.147. The van der Waals surface area contributed by atoms with Gasteiger partial charge in [-0.25, -0.2) is 0 Å². The number of hydrogen-bond acceptors (Lipinski definition) is 5. The monoisotopic (exact) mass is 392 g/mol. The molecule has 0 radical (unpaired) electrons. The number of ether oxygens (including phenoxy) is 3. The highest BCUT2D eigenvalue weighted by molar-refractivity contribution is 5.79. The van der Waals surface area contributed by atoms with E-state index in [0.29, 0.717) is 23.8 Å². The topological polar surface area (TPSA) is 67.4 Å². The van der Waals surface area contributed by atoms with Crippen molar-refractivity contribution in [3.63, 3.8) is 0 Å². The van der Waals surface area contributed by atoms with E-state index >= 15 is 0 Å². The average molecular weight is 393 g/mol. The summed E-state index contributed by atoms with van der Waals surface area (Å²) in [5, 5.41) is 6.78. The maximum atomic E-state index is 5.42. The first kappa shape index (κ1) is 22.1. The molecule has 1 atom stereocenters. The number of nitrogens with zero attached hydrogens (tertiary/aromatic N) is 2. The lowest BCUT2D eigenvalue weighted by Crippen LogP contribution is -2.45. The largest absolute Gasteiger partial charge is 0.493 e. The van der Waals surface area contributed by atoms with E-state index < -0.39 is 0 Å². The van der Waals surface area contributed by atoms with Crippen LogP contribution in [0.25, 0.3) is 0 Å². The number of hydrogen-bond donors (Lipinski definition) is 2. The van der Waals surface area contributed by atoms with Gasteiger partial charge in [0.2, 0.25) is 5.75 Å². The molecule has 2 N–H and O–H groups in total. The third-order valence-corrected chi connectivity index (χ3v) is 5.32. The zero-order valence-corrected chi connectivity index (χ0v) is 18.0. The van der Waals surface area contributed by atoms with E-state index in [0.717, 1.165) is 30.7 Å². The predicted octanol–water partition coefficient (Wildman–Crippen LogP) is 2.64. The molecular formula is C21H36N4O3. The van der Waals surface area contributed by atoms with Gasteiger partial charge >= 0.3 is 0 Å². The highest BCUT2D eigenvalue weighted by Crippen LogP contribution is 2.38. The number of likely N-dealkylation sites (tertiary alicyclic amines) is 1. The molecule has 2 rings (SSSR count). The maximum Gasteiger partial charge on any atom is 0.203 e. The number of guanidine groups is 1. The van der Waals surface area contributed by atoms with Gasteiger partial charge in [-0.2, -0.15) is 0 Å². The van der Waals surface area contributed by atoms with Crippen molar-refractivity contribution in [1.29, 1.82) is 0 Å². The minimum Gasteiger partial charge on any atom is -0.493 e. The maximum absolute atomic E-state index is 5.42. The molecule has 7 nitrogen and oxygen atoms in total. The molecule has 0 saturated carbocycles. The van der Waals surface area contributed by atoms with Crippen molar-refractivity contribution in [2.75, 3.05) is 48.0 Å². The molecule has 1 aliphatic rings. The van der Waals surface area contributed by atoms with Crippen molar-refractivity contribution in [2.24, 2.45) is 4.99 Å². The molecule has 1 fully saturated rings. The first-order valence-electron chi connectivity index (χ1n) is 10.1. The number of piperidine rings is 1. The van der Waals surface area contributed by atoms with Gasteiger partial charge in [0.05, 0.1) is 21.3 Å². The van der Waals surface area contributed by atoms with Crippen LogP contribution in [0, 0.1) is 0 Å². The Morgan fingerprint density at radius 2 is 1.82 bits per heavy atom. The molecule has 0 bridgehead atoms. The fourth-order valence-corrected chi connectivity index (χ4v) is 3.78. The number of aliphatic imine (C=N–C) groups is 1.